The lowest BCUT2D eigenvalue weighted by molar-refractivity contribution is 0.0934. The first-order valence-corrected chi connectivity index (χ1v) is 9.78. The lowest BCUT2D eigenvalue weighted by Gasteiger charge is -2.19. The standard InChI is InChI=1S/C25H27NO2/c1-3-24(21-15-17-22(28-2)18-16-21)26-25(27)23-12-8-7-11-20(23)14-13-19-9-5-4-6-10-19/h4-12,15-18,24H,3,13-14H2,1-2H3,(H,26,27). The normalized spacial score (nSPS) is 11.6. The van der Waals surface area contributed by atoms with Gasteiger partial charge in [0.15, 0.2) is 0 Å². The van der Waals surface area contributed by atoms with Gasteiger partial charge in [0.2, 0.25) is 0 Å². The van der Waals surface area contributed by atoms with E-state index >= 15 is 0 Å². The van der Waals surface area contributed by atoms with Crippen LogP contribution in [-0.4, -0.2) is 13.0 Å². The van der Waals surface area contributed by atoms with Gasteiger partial charge in [-0.15, -0.1) is 0 Å². The van der Waals surface area contributed by atoms with E-state index in [0.717, 1.165) is 41.7 Å². The average molecular weight is 373 g/mol. The number of rotatable bonds is 8. The lowest BCUT2D eigenvalue weighted by atomic mass is 9.98. The van der Waals surface area contributed by atoms with Crippen LogP contribution in [0.25, 0.3) is 0 Å². The zero-order valence-corrected chi connectivity index (χ0v) is 16.5. The maximum atomic E-state index is 13.0. The Morgan fingerprint density at radius 2 is 1.57 bits per heavy atom. The molecule has 144 valence electrons. The molecule has 0 aliphatic rings. The van der Waals surface area contributed by atoms with E-state index in [1.54, 1.807) is 7.11 Å². The Morgan fingerprint density at radius 3 is 2.25 bits per heavy atom. The van der Waals surface area contributed by atoms with E-state index in [1.807, 2.05) is 54.6 Å². The molecule has 0 radical (unpaired) electrons. The van der Waals surface area contributed by atoms with E-state index in [2.05, 4.69) is 36.5 Å². The van der Waals surface area contributed by atoms with E-state index in [-0.39, 0.29) is 11.9 Å². The second-order valence-electron chi connectivity index (χ2n) is 6.85. The topological polar surface area (TPSA) is 38.3 Å². The van der Waals surface area contributed by atoms with E-state index in [9.17, 15) is 4.79 Å². The van der Waals surface area contributed by atoms with Crippen LogP contribution < -0.4 is 10.1 Å². The molecule has 3 rings (SSSR count). The van der Waals surface area contributed by atoms with Gasteiger partial charge < -0.3 is 10.1 Å². The third-order valence-corrected chi connectivity index (χ3v) is 5.02. The number of hydrogen-bond acceptors (Lipinski definition) is 2. The van der Waals surface area contributed by atoms with Crippen LogP contribution in [0.3, 0.4) is 0 Å². The minimum atomic E-state index is -0.0272. The number of carbonyl (C=O) groups is 1. The molecular weight excluding hydrogens is 346 g/mol. The summed E-state index contributed by atoms with van der Waals surface area (Å²) < 4.78 is 5.22. The molecule has 1 amide bonds. The highest BCUT2D eigenvalue weighted by atomic mass is 16.5. The number of benzene rings is 3. The summed E-state index contributed by atoms with van der Waals surface area (Å²) in [4.78, 5) is 13.0. The Morgan fingerprint density at radius 1 is 0.893 bits per heavy atom. The minimum absolute atomic E-state index is 0.0219. The number of carbonyl (C=O) groups excluding carboxylic acids is 1. The minimum Gasteiger partial charge on any atom is -0.497 e. The Kier molecular flexibility index (Phi) is 6.85. The van der Waals surface area contributed by atoms with E-state index < -0.39 is 0 Å². The quantitative estimate of drug-likeness (QED) is 0.577. The van der Waals surface area contributed by atoms with Crippen molar-refractivity contribution in [3.05, 3.63) is 101 Å². The van der Waals surface area contributed by atoms with Gasteiger partial charge in [0.1, 0.15) is 5.75 Å². The molecule has 3 heteroatoms. The molecule has 3 nitrogen and oxygen atoms in total. The van der Waals surface area contributed by atoms with Crippen molar-refractivity contribution in [1.29, 1.82) is 0 Å². The highest BCUT2D eigenvalue weighted by Crippen LogP contribution is 2.21. The van der Waals surface area contributed by atoms with Crippen LogP contribution in [0.15, 0.2) is 78.9 Å². The fraction of sp³-hybridized carbons (Fsp3) is 0.240. The summed E-state index contributed by atoms with van der Waals surface area (Å²) in [6.07, 6.45) is 2.58. The number of ether oxygens (including phenoxy) is 1. The van der Waals surface area contributed by atoms with Crippen LogP contribution in [-0.2, 0) is 12.8 Å². The van der Waals surface area contributed by atoms with Crippen molar-refractivity contribution >= 4 is 5.91 Å². The van der Waals surface area contributed by atoms with Crippen LogP contribution >= 0.6 is 0 Å². The monoisotopic (exact) mass is 373 g/mol. The molecule has 3 aromatic carbocycles. The highest BCUT2D eigenvalue weighted by molar-refractivity contribution is 5.96. The Labute approximate surface area is 167 Å². The summed E-state index contributed by atoms with van der Waals surface area (Å²) in [5.41, 5.74) is 4.19. The predicted molar refractivity (Wildman–Crippen MR) is 114 cm³/mol. The summed E-state index contributed by atoms with van der Waals surface area (Å²) in [6, 6.07) is 26.1. The van der Waals surface area contributed by atoms with Gasteiger partial charge in [-0.1, -0.05) is 67.6 Å². The largest absolute Gasteiger partial charge is 0.497 e. The first-order valence-electron chi connectivity index (χ1n) is 9.78. The number of aryl methyl sites for hydroxylation is 2. The van der Waals surface area contributed by atoms with Crippen molar-refractivity contribution in [3.63, 3.8) is 0 Å². The molecule has 28 heavy (non-hydrogen) atoms. The summed E-state index contributed by atoms with van der Waals surface area (Å²) >= 11 is 0. The van der Waals surface area contributed by atoms with Gasteiger partial charge in [-0.3, -0.25) is 4.79 Å². The maximum absolute atomic E-state index is 13.0. The second kappa shape index (κ2) is 9.75. The third-order valence-electron chi connectivity index (χ3n) is 5.02. The maximum Gasteiger partial charge on any atom is 0.252 e. The molecule has 1 N–H and O–H groups in total. The number of hydrogen-bond donors (Lipinski definition) is 1. The molecule has 0 aromatic heterocycles. The first kappa shape index (κ1) is 19.7. The molecule has 0 aliphatic carbocycles. The van der Waals surface area contributed by atoms with Crippen molar-refractivity contribution in [2.45, 2.75) is 32.2 Å². The summed E-state index contributed by atoms with van der Waals surface area (Å²) in [5, 5.41) is 3.20. The third kappa shape index (κ3) is 5.01. The molecule has 0 heterocycles. The van der Waals surface area contributed by atoms with Gasteiger partial charge in [0, 0.05) is 5.56 Å². The SMILES string of the molecule is CCC(NC(=O)c1ccccc1CCc1ccccc1)c1ccc(OC)cc1. The molecule has 0 fully saturated rings. The van der Waals surface area contributed by atoms with Crippen molar-refractivity contribution in [3.8, 4) is 5.75 Å². The van der Waals surface area contributed by atoms with Gasteiger partial charge in [0.25, 0.3) is 5.91 Å². The van der Waals surface area contributed by atoms with Crippen molar-refractivity contribution in [2.24, 2.45) is 0 Å². The zero-order valence-electron chi connectivity index (χ0n) is 16.5. The van der Waals surface area contributed by atoms with Crippen LogP contribution in [0.5, 0.6) is 5.75 Å². The van der Waals surface area contributed by atoms with Gasteiger partial charge in [-0.05, 0) is 54.2 Å². The number of methoxy groups -OCH3 is 1. The second-order valence-corrected chi connectivity index (χ2v) is 6.85. The van der Waals surface area contributed by atoms with Gasteiger partial charge in [-0.25, -0.2) is 0 Å². The average Bonchev–Trinajstić information content (AvgIpc) is 2.77. The van der Waals surface area contributed by atoms with Crippen LogP contribution in [0.2, 0.25) is 0 Å². The Hall–Kier alpha value is -3.07. The summed E-state index contributed by atoms with van der Waals surface area (Å²) in [7, 11) is 1.65. The Bertz CT molecular complexity index is 888. The van der Waals surface area contributed by atoms with Gasteiger partial charge >= 0.3 is 0 Å². The number of nitrogens with one attached hydrogen (secondary N) is 1. The van der Waals surface area contributed by atoms with E-state index in [4.69, 9.17) is 4.74 Å². The molecule has 1 unspecified atom stereocenters. The fourth-order valence-corrected chi connectivity index (χ4v) is 3.38. The van der Waals surface area contributed by atoms with Gasteiger partial charge in [-0.2, -0.15) is 0 Å². The van der Waals surface area contributed by atoms with Crippen molar-refractivity contribution in [2.75, 3.05) is 7.11 Å². The molecule has 3 aromatic rings. The lowest BCUT2D eigenvalue weighted by Crippen LogP contribution is -2.29. The molecule has 0 bridgehead atoms. The Balaban J connectivity index is 1.72. The number of amides is 1. The van der Waals surface area contributed by atoms with E-state index in [0.29, 0.717) is 0 Å². The molecule has 0 aliphatic heterocycles. The highest BCUT2D eigenvalue weighted by Gasteiger charge is 2.16. The molecule has 0 saturated carbocycles. The van der Waals surface area contributed by atoms with Gasteiger partial charge in [0.05, 0.1) is 13.2 Å². The van der Waals surface area contributed by atoms with Crippen LogP contribution in [0.1, 0.15) is 46.4 Å². The van der Waals surface area contributed by atoms with E-state index in [1.165, 1.54) is 5.56 Å². The summed E-state index contributed by atoms with van der Waals surface area (Å²) in [5.74, 6) is 0.794. The molecule has 0 saturated heterocycles. The van der Waals surface area contributed by atoms with Crippen molar-refractivity contribution in [1.82, 2.24) is 5.32 Å². The summed E-state index contributed by atoms with van der Waals surface area (Å²) in [6.45, 7) is 2.08. The fourth-order valence-electron chi connectivity index (χ4n) is 3.38. The smallest absolute Gasteiger partial charge is 0.252 e. The zero-order chi connectivity index (χ0) is 19.8. The molecule has 0 spiro atoms. The predicted octanol–water partition coefficient (Wildman–Crippen LogP) is 5.36. The van der Waals surface area contributed by atoms with Crippen LogP contribution in [0, 0.1) is 0 Å². The molecule has 1 atom stereocenters. The van der Waals surface area contributed by atoms with Crippen LogP contribution in [0.4, 0.5) is 0 Å². The first-order chi connectivity index (χ1) is 13.7. The van der Waals surface area contributed by atoms with Crippen molar-refractivity contribution < 1.29 is 9.53 Å². The molecular formula is C25H27NO2.